The average molecular weight is 931 g/mol. The van der Waals surface area contributed by atoms with Gasteiger partial charge in [0.05, 0.1) is 23.6 Å². The highest BCUT2D eigenvalue weighted by molar-refractivity contribution is 6.05. The minimum Gasteiger partial charge on any atom is -0.488 e. The molecule has 5 heterocycles. The number of nitrogens with zero attached hydrogens (tertiary/aromatic N) is 6. The number of carbonyl (C=O) groups is 3. The molecule has 2 bridgehead atoms. The lowest BCUT2D eigenvalue weighted by atomic mass is 9.68. The van der Waals surface area contributed by atoms with Gasteiger partial charge in [-0.15, -0.1) is 10.2 Å². The number of ether oxygens (including phenoxy) is 3. The number of carboxylic acid groups (broad SMARTS) is 1. The summed E-state index contributed by atoms with van der Waals surface area (Å²) in [5, 5.41) is 27.9. The summed E-state index contributed by atoms with van der Waals surface area (Å²) in [6.45, 7) is 4.72. The topological polar surface area (TPSA) is 210 Å². The first-order valence-electron chi connectivity index (χ1n) is 24.5. The van der Waals surface area contributed by atoms with Crippen LogP contribution in [-0.4, -0.2) is 126 Å². The third kappa shape index (κ3) is 10.8. The number of piperidine rings is 1. The molecule has 0 unspecified atom stereocenters. The van der Waals surface area contributed by atoms with Crippen molar-refractivity contribution in [2.75, 3.05) is 67.7 Å². The number of nitrogen functional groups attached to an aromatic ring is 1. The first-order valence-corrected chi connectivity index (χ1v) is 24.5. The highest BCUT2D eigenvalue weighted by atomic mass is 16.5. The summed E-state index contributed by atoms with van der Waals surface area (Å²) in [5.74, 6) is -0.434. The quantitative estimate of drug-likeness (QED) is 0.0536. The van der Waals surface area contributed by atoms with E-state index < -0.39 is 23.3 Å². The number of benzene rings is 2. The Morgan fingerprint density at radius 1 is 0.926 bits per heavy atom. The Labute approximate surface area is 398 Å². The third-order valence-electron chi connectivity index (χ3n) is 14.5. The van der Waals surface area contributed by atoms with E-state index in [-0.39, 0.29) is 49.6 Å². The van der Waals surface area contributed by atoms with Gasteiger partial charge in [-0.3, -0.25) is 14.4 Å². The molecule has 68 heavy (non-hydrogen) atoms. The second kappa shape index (κ2) is 21.1. The Balaban J connectivity index is 0.800. The summed E-state index contributed by atoms with van der Waals surface area (Å²) in [7, 11) is 3.96. The summed E-state index contributed by atoms with van der Waals surface area (Å²) in [6, 6.07) is 21.0. The molecule has 2 aliphatic carbocycles. The lowest BCUT2D eigenvalue weighted by Gasteiger charge is -2.43. The van der Waals surface area contributed by atoms with E-state index in [0.717, 1.165) is 100 Å². The maximum Gasteiger partial charge on any atom is 0.319 e. The number of carbonyl (C=O) groups excluding carboxylic acids is 2. The number of para-hydroxylation sites is 1. The van der Waals surface area contributed by atoms with E-state index in [2.05, 4.69) is 58.0 Å². The number of nitrogens with two attached hydrogens (primary N) is 1. The van der Waals surface area contributed by atoms with E-state index in [4.69, 9.17) is 19.9 Å². The summed E-state index contributed by atoms with van der Waals surface area (Å²) >= 11 is 0. The standard InChI is InChI=1S/C51H66N10O7/c1-59(2)25-6-5-9-42(56-49(63)51(50(64)65)20-7-21-51)48(62)55-34-13-11-33(12-14-34)32-66-45-10-4-3-8-41(45)43-29-44(47(52)58-57-43)60-30-36-15-16-37(31-60)61(36)35-17-24-54-46(26-35)68-40-27-39(28-40)67-38-18-22-53-23-19-38/h3-4,8,10-14,17,24,26,29,36-40,42,53H,5-7,9,15-16,18-23,25,27-28,30-32H2,1-2H3,(H2,52,58)(H,55,62)(H,56,63)(H,64,65)/t36-,37-,39?,40?,42+/m1/s1. The van der Waals surface area contributed by atoms with E-state index in [1.54, 1.807) is 12.1 Å². The molecule has 3 saturated heterocycles. The van der Waals surface area contributed by atoms with Gasteiger partial charge in [-0.1, -0.05) is 30.7 Å². The number of pyridine rings is 1. The number of aromatic nitrogens is 3. The summed E-state index contributed by atoms with van der Waals surface area (Å²) in [6.07, 6.45) is 11.8. The normalized spacial score (nSPS) is 22.5. The predicted molar refractivity (Wildman–Crippen MR) is 260 cm³/mol. The van der Waals surface area contributed by atoms with Crippen LogP contribution in [0, 0.1) is 5.41 Å². The maximum absolute atomic E-state index is 13.6. The highest BCUT2D eigenvalue weighted by Gasteiger charge is 2.52. The average Bonchev–Trinajstić information content (AvgIpc) is 3.57. The number of aliphatic carboxylic acids is 1. The molecule has 3 atom stereocenters. The van der Waals surface area contributed by atoms with E-state index in [0.29, 0.717) is 54.2 Å². The van der Waals surface area contributed by atoms with Crippen LogP contribution in [0.25, 0.3) is 11.3 Å². The van der Waals surface area contributed by atoms with Gasteiger partial charge >= 0.3 is 5.97 Å². The van der Waals surface area contributed by atoms with Crippen molar-refractivity contribution in [3.63, 3.8) is 0 Å². The smallest absolute Gasteiger partial charge is 0.319 e. The van der Waals surface area contributed by atoms with E-state index in [1.165, 1.54) is 0 Å². The number of unbranched alkanes of at least 4 members (excludes halogenated alkanes) is 1. The van der Waals surface area contributed by atoms with Gasteiger partial charge in [-0.25, -0.2) is 4.98 Å². The van der Waals surface area contributed by atoms with E-state index in [9.17, 15) is 19.5 Å². The van der Waals surface area contributed by atoms with Crippen molar-refractivity contribution in [3.8, 4) is 22.9 Å². The Bertz CT molecular complexity index is 2370. The van der Waals surface area contributed by atoms with Crippen molar-refractivity contribution in [1.82, 2.24) is 30.7 Å². The number of anilines is 4. The van der Waals surface area contributed by atoms with Crippen LogP contribution in [0.4, 0.5) is 22.9 Å². The third-order valence-corrected chi connectivity index (χ3v) is 14.5. The molecule has 5 fully saturated rings. The molecule has 2 amide bonds. The summed E-state index contributed by atoms with van der Waals surface area (Å²) in [5.41, 5.74) is 9.95. The van der Waals surface area contributed by atoms with Gasteiger partial charge < -0.3 is 55.7 Å². The molecule has 362 valence electrons. The van der Waals surface area contributed by atoms with Crippen LogP contribution in [-0.2, 0) is 25.7 Å². The summed E-state index contributed by atoms with van der Waals surface area (Å²) in [4.78, 5) is 50.3. The molecule has 0 radical (unpaired) electrons. The summed E-state index contributed by atoms with van der Waals surface area (Å²) < 4.78 is 19.1. The molecular weight excluding hydrogens is 865 g/mol. The molecule has 4 aromatic rings. The second-order valence-corrected chi connectivity index (χ2v) is 19.5. The van der Waals surface area contributed by atoms with Crippen molar-refractivity contribution >= 4 is 40.7 Å². The molecule has 2 aromatic carbocycles. The van der Waals surface area contributed by atoms with Gasteiger partial charge in [-0.2, -0.15) is 0 Å². The molecule has 3 aliphatic heterocycles. The number of hydrogen-bond donors (Lipinski definition) is 5. The van der Waals surface area contributed by atoms with E-state index >= 15 is 0 Å². The number of nitrogens with one attached hydrogen (secondary N) is 3. The number of fused-ring (bicyclic) bond motifs is 2. The molecule has 17 heteroatoms. The molecule has 17 nitrogen and oxygen atoms in total. The number of piperazine rings is 1. The number of amides is 2. The van der Waals surface area contributed by atoms with Crippen molar-refractivity contribution in [1.29, 1.82) is 0 Å². The number of rotatable bonds is 20. The molecule has 2 saturated carbocycles. The van der Waals surface area contributed by atoms with Crippen LogP contribution >= 0.6 is 0 Å². The van der Waals surface area contributed by atoms with Crippen molar-refractivity contribution < 1.29 is 33.7 Å². The molecule has 9 rings (SSSR count). The van der Waals surface area contributed by atoms with Gasteiger partial charge in [0.2, 0.25) is 17.7 Å². The first-order chi connectivity index (χ1) is 33.0. The predicted octanol–water partition coefficient (Wildman–Crippen LogP) is 5.65. The second-order valence-electron chi connectivity index (χ2n) is 19.5. The number of carboxylic acids is 1. The van der Waals surface area contributed by atoms with Gasteiger partial charge in [0.1, 0.15) is 29.9 Å². The number of hydrogen-bond acceptors (Lipinski definition) is 14. The van der Waals surface area contributed by atoms with Crippen LogP contribution in [0.1, 0.15) is 82.6 Å². The zero-order valence-electron chi connectivity index (χ0n) is 39.3. The fraction of sp³-hybridized carbons (Fsp3) is 0.529. The SMILES string of the molecule is CN(C)CCCC[C@H](NC(=O)C1(C(=O)O)CCC1)C(=O)Nc1ccc(COc2ccccc2-c2cc(N3C[C@H]4CC[C@H](C3)N4c3ccnc(OC4CC(OC5CCNCC5)C4)c3)c(N)nn2)cc1. The fourth-order valence-electron chi connectivity index (χ4n) is 10.3. The highest BCUT2D eigenvalue weighted by Crippen LogP contribution is 2.42. The Morgan fingerprint density at radius 2 is 1.68 bits per heavy atom. The molecule has 5 aliphatic rings. The maximum atomic E-state index is 13.6. The zero-order valence-corrected chi connectivity index (χ0v) is 39.3. The van der Waals surface area contributed by atoms with Gasteiger partial charge in [0.15, 0.2) is 5.82 Å². The minimum absolute atomic E-state index is 0.128. The van der Waals surface area contributed by atoms with Crippen LogP contribution in [0.15, 0.2) is 72.9 Å². The van der Waals surface area contributed by atoms with Crippen molar-refractivity contribution in [2.45, 2.75) is 120 Å². The van der Waals surface area contributed by atoms with Gasteiger partial charge in [-0.05, 0) is 133 Å². The largest absolute Gasteiger partial charge is 0.488 e. The Kier molecular flexibility index (Phi) is 14.6. The van der Waals surface area contributed by atoms with Crippen molar-refractivity contribution in [2.24, 2.45) is 5.41 Å². The molecule has 0 spiro atoms. The Morgan fingerprint density at radius 3 is 2.38 bits per heavy atom. The monoisotopic (exact) mass is 931 g/mol. The van der Waals surface area contributed by atoms with Crippen LogP contribution in [0.2, 0.25) is 0 Å². The van der Waals surface area contributed by atoms with Crippen LogP contribution in [0.3, 0.4) is 0 Å². The molecule has 2 aromatic heterocycles. The van der Waals surface area contributed by atoms with Crippen molar-refractivity contribution in [3.05, 3.63) is 78.5 Å². The lowest BCUT2D eigenvalue weighted by Crippen LogP contribution is -2.55. The zero-order chi connectivity index (χ0) is 47.2. The lowest BCUT2D eigenvalue weighted by molar-refractivity contribution is -0.162. The Hall–Kier alpha value is -6.04. The van der Waals surface area contributed by atoms with Crippen LogP contribution < -0.4 is 41.0 Å². The fourth-order valence-corrected chi connectivity index (χ4v) is 10.3. The van der Waals surface area contributed by atoms with E-state index in [1.807, 2.05) is 62.8 Å². The van der Waals surface area contributed by atoms with Gasteiger partial charge in [0.25, 0.3) is 0 Å². The van der Waals surface area contributed by atoms with Crippen LogP contribution in [0.5, 0.6) is 11.6 Å². The molecular formula is C51H66N10O7. The first kappa shape index (κ1) is 47.0. The minimum atomic E-state index is -1.47. The van der Waals surface area contributed by atoms with Gasteiger partial charge in [0, 0.05) is 67.2 Å². The molecule has 6 N–H and O–H groups in total.